The van der Waals surface area contributed by atoms with Crippen LogP contribution in [-0.4, -0.2) is 15.1 Å². The Kier molecular flexibility index (Phi) is 3.38. The average molecular weight is 311 g/mol. The van der Waals surface area contributed by atoms with Crippen LogP contribution in [0.4, 0.5) is 11.4 Å². The number of aromatic nitrogens is 2. The molecule has 0 aliphatic carbocycles. The number of hydrogen-bond acceptors (Lipinski definition) is 5. The largest absolute Gasteiger partial charge is 0.493 e. The van der Waals surface area contributed by atoms with Crippen molar-refractivity contribution in [1.29, 1.82) is 0 Å². The normalized spacial score (nSPS) is 10.9. The fourth-order valence-corrected chi connectivity index (χ4v) is 1.56. The highest BCUT2D eigenvalue weighted by Crippen LogP contribution is 2.26. The second-order valence-corrected chi connectivity index (χ2v) is 4.11. The molecule has 92 valence electrons. The molecule has 8 heteroatoms. The van der Waals surface area contributed by atoms with Gasteiger partial charge in [0.15, 0.2) is 0 Å². The third-order valence-electron chi connectivity index (χ3n) is 2.01. The smallest absolute Gasteiger partial charge is 0.328 e. The van der Waals surface area contributed by atoms with E-state index in [2.05, 4.69) is 26.2 Å². The molecule has 7 nitrogen and oxygen atoms in total. The van der Waals surface area contributed by atoms with E-state index in [9.17, 15) is 14.7 Å². The first kappa shape index (κ1) is 12.2. The van der Waals surface area contributed by atoms with Gasteiger partial charge in [0.2, 0.25) is 11.6 Å². The van der Waals surface area contributed by atoms with Crippen LogP contribution in [-0.2, 0) is 0 Å². The Bertz CT molecular complexity index is 720. The molecule has 0 atom stereocenters. The van der Waals surface area contributed by atoms with Gasteiger partial charge < -0.3 is 5.11 Å². The first-order valence-electron chi connectivity index (χ1n) is 4.80. The lowest BCUT2D eigenvalue weighted by Gasteiger charge is -1.97. The zero-order valence-electron chi connectivity index (χ0n) is 8.85. The highest BCUT2D eigenvalue weighted by Gasteiger charge is 2.07. The molecule has 0 saturated heterocycles. The summed E-state index contributed by atoms with van der Waals surface area (Å²) in [7, 11) is 0. The second-order valence-electron chi connectivity index (χ2n) is 3.26. The monoisotopic (exact) mass is 310 g/mol. The fourth-order valence-electron chi connectivity index (χ4n) is 1.20. The van der Waals surface area contributed by atoms with Crippen LogP contribution in [0.5, 0.6) is 5.88 Å². The summed E-state index contributed by atoms with van der Waals surface area (Å²) in [6.45, 7) is 0. The number of halogens is 1. The topological polar surface area (TPSA) is 111 Å². The van der Waals surface area contributed by atoms with Crippen LogP contribution < -0.4 is 11.2 Å². The summed E-state index contributed by atoms with van der Waals surface area (Å²) >= 11 is 3.26. The van der Waals surface area contributed by atoms with Crippen LogP contribution >= 0.6 is 15.9 Å². The number of nitrogens with one attached hydrogen (secondary N) is 2. The van der Waals surface area contributed by atoms with Gasteiger partial charge >= 0.3 is 5.69 Å². The van der Waals surface area contributed by atoms with E-state index < -0.39 is 17.1 Å². The maximum Gasteiger partial charge on any atom is 0.328 e. The Morgan fingerprint density at radius 3 is 2.50 bits per heavy atom. The minimum absolute atomic E-state index is 0.356. The molecule has 0 unspecified atom stereocenters. The van der Waals surface area contributed by atoms with E-state index in [1.54, 1.807) is 24.3 Å². The van der Waals surface area contributed by atoms with Crippen LogP contribution in [0.3, 0.4) is 0 Å². The molecule has 0 aliphatic rings. The lowest BCUT2D eigenvalue weighted by molar-refractivity contribution is 0.450. The van der Waals surface area contributed by atoms with Crippen molar-refractivity contribution < 1.29 is 5.11 Å². The van der Waals surface area contributed by atoms with Crippen LogP contribution in [0.15, 0.2) is 48.6 Å². The summed E-state index contributed by atoms with van der Waals surface area (Å²) in [5.41, 5.74) is -1.49. The van der Waals surface area contributed by atoms with Gasteiger partial charge in [0, 0.05) is 4.47 Å². The SMILES string of the molecule is O=c1[nH]c(O)c(N=Nc2ccccc2Br)c(=O)[nH]1. The summed E-state index contributed by atoms with van der Waals surface area (Å²) in [4.78, 5) is 26.2. The highest BCUT2D eigenvalue weighted by molar-refractivity contribution is 9.10. The zero-order valence-corrected chi connectivity index (χ0v) is 10.4. The van der Waals surface area contributed by atoms with E-state index in [1.807, 2.05) is 9.97 Å². The van der Waals surface area contributed by atoms with Crippen molar-refractivity contribution in [2.75, 3.05) is 0 Å². The van der Waals surface area contributed by atoms with E-state index >= 15 is 0 Å². The zero-order chi connectivity index (χ0) is 13.1. The fraction of sp³-hybridized carbons (Fsp3) is 0. The van der Waals surface area contributed by atoms with Gasteiger partial charge in [-0.3, -0.25) is 14.8 Å². The molecular formula is C10H7BrN4O3. The van der Waals surface area contributed by atoms with E-state index in [0.717, 1.165) is 0 Å². The third kappa shape index (κ3) is 2.54. The quantitative estimate of drug-likeness (QED) is 0.737. The maximum absolute atomic E-state index is 11.4. The van der Waals surface area contributed by atoms with E-state index in [1.165, 1.54) is 0 Å². The molecule has 0 amide bonds. The number of rotatable bonds is 2. The van der Waals surface area contributed by atoms with Gasteiger partial charge in [-0.2, -0.15) is 0 Å². The van der Waals surface area contributed by atoms with Gasteiger partial charge in [-0.15, -0.1) is 10.2 Å². The molecule has 0 aliphatic heterocycles. The first-order valence-corrected chi connectivity index (χ1v) is 5.59. The van der Waals surface area contributed by atoms with Gasteiger partial charge in [0.25, 0.3) is 5.56 Å². The standard InChI is InChI=1S/C10H7BrN4O3/c11-5-3-1-2-4-6(5)14-15-7-8(16)12-10(18)13-9(7)17/h1-4H,(H3,12,13,16,17,18). The molecule has 3 N–H and O–H groups in total. The number of azo groups is 1. The van der Waals surface area contributed by atoms with Crippen molar-refractivity contribution >= 4 is 27.3 Å². The van der Waals surface area contributed by atoms with Crippen molar-refractivity contribution in [2.45, 2.75) is 0 Å². The molecule has 0 saturated carbocycles. The van der Waals surface area contributed by atoms with Gasteiger partial charge in [-0.25, -0.2) is 4.79 Å². The number of aromatic amines is 2. The minimum Gasteiger partial charge on any atom is -0.493 e. The molecule has 2 aromatic rings. The van der Waals surface area contributed by atoms with E-state index in [0.29, 0.717) is 10.2 Å². The summed E-state index contributed by atoms with van der Waals surface area (Å²) in [6, 6.07) is 6.97. The van der Waals surface area contributed by atoms with Crippen molar-refractivity contribution in [3.8, 4) is 5.88 Å². The third-order valence-corrected chi connectivity index (χ3v) is 2.68. The van der Waals surface area contributed by atoms with Gasteiger partial charge in [0.05, 0.1) is 5.69 Å². The predicted molar refractivity (Wildman–Crippen MR) is 67.7 cm³/mol. The number of benzene rings is 1. The molecule has 1 aromatic carbocycles. The van der Waals surface area contributed by atoms with Crippen molar-refractivity contribution in [3.63, 3.8) is 0 Å². The molecular weight excluding hydrogens is 304 g/mol. The predicted octanol–water partition coefficient (Wildman–Crippen LogP) is 1.95. The number of aromatic hydroxyl groups is 1. The van der Waals surface area contributed by atoms with E-state index in [4.69, 9.17) is 0 Å². The Labute approximate surface area is 108 Å². The second kappa shape index (κ2) is 4.96. The molecule has 2 rings (SSSR count). The van der Waals surface area contributed by atoms with Crippen LogP contribution in [0, 0.1) is 0 Å². The Morgan fingerprint density at radius 1 is 1.11 bits per heavy atom. The molecule has 1 aromatic heterocycles. The maximum atomic E-state index is 11.4. The van der Waals surface area contributed by atoms with Crippen LogP contribution in [0.1, 0.15) is 0 Å². The van der Waals surface area contributed by atoms with Gasteiger partial charge in [-0.1, -0.05) is 12.1 Å². The Hall–Kier alpha value is -2.22. The lowest BCUT2D eigenvalue weighted by Crippen LogP contribution is -2.20. The summed E-state index contributed by atoms with van der Waals surface area (Å²) < 4.78 is 0.689. The van der Waals surface area contributed by atoms with Gasteiger partial charge in [0.1, 0.15) is 0 Å². The van der Waals surface area contributed by atoms with Crippen molar-refractivity contribution in [1.82, 2.24) is 9.97 Å². The van der Waals surface area contributed by atoms with Crippen molar-refractivity contribution in [3.05, 3.63) is 49.6 Å². The summed E-state index contributed by atoms with van der Waals surface area (Å²) in [5.74, 6) is -0.625. The molecule has 0 bridgehead atoms. The lowest BCUT2D eigenvalue weighted by atomic mass is 10.3. The number of H-pyrrole nitrogens is 2. The molecule has 0 radical (unpaired) electrons. The first-order chi connectivity index (χ1) is 8.58. The van der Waals surface area contributed by atoms with Crippen LogP contribution in [0.2, 0.25) is 0 Å². The molecule has 0 fully saturated rings. The summed E-state index contributed by atoms with van der Waals surface area (Å²) in [5, 5.41) is 16.8. The summed E-state index contributed by atoms with van der Waals surface area (Å²) in [6.07, 6.45) is 0. The van der Waals surface area contributed by atoms with Gasteiger partial charge in [-0.05, 0) is 28.1 Å². The Morgan fingerprint density at radius 2 is 1.83 bits per heavy atom. The highest BCUT2D eigenvalue weighted by atomic mass is 79.9. The Balaban J connectivity index is 2.45. The molecule has 18 heavy (non-hydrogen) atoms. The minimum atomic E-state index is -0.813. The average Bonchev–Trinajstić information content (AvgIpc) is 2.30. The van der Waals surface area contributed by atoms with Crippen molar-refractivity contribution in [2.24, 2.45) is 10.2 Å². The van der Waals surface area contributed by atoms with E-state index in [-0.39, 0.29) is 5.69 Å². The van der Waals surface area contributed by atoms with Crippen LogP contribution in [0.25, 0.3) is 0 Å². The number of nitrogens with zero attached hydrogens (tertiary/aromatic N) is 2. The molecule has 0 spiro atoms. The molecule has 1 heterocycles. The number of hydrogen-bond donors (Lipinski definition) is 3.